The number of fused-ring (bicyclic) bond motifs is 1. The summed E-state index contributed by atoms with van der Waals surface area (Å²) in [4.78, 5) is 35.8. The van der Waals surface area contributed by atoms with Crippen molar-refractivity contribution in [1.82, 2.24) is 0 Å². The topological polar surface area (TPSA) is 76.4 Å². The van der Waals surface area contributed by atoms with E-state index in [2.05, 4.69) is 5.32 Å². The fourth-order valence-corrected chi connectivity index (χ4v) is 2.36. The Labute approximate surface area is 135 Å². The molecule has 1 heterocycles. The molecule has 0 unspecified atom stereocenters. The van der Waals surface area contributed by atoms with Crippen LogP contribution in [0.25, 0.3) is 10.8 Å². The molecule has 0 atom stereocenters. The number of amides is 1. The summed E-state index contributed by atoms with van der Waals surface area (Å²) in [5.41, 5.74) is -0.472. The van der Waals surface area contributed by atoms with E-state index >= 15 is 0 Å². The van der Waals surface area contributed by atoms with Crippen LogP contribution >= 0.6 is 0 Å². The quantitative estimate of drug-likeness (QED) is 0.749. The summed E-state index contributed by atoms with van der Waals surface area (Å²) in [6, 6.07) is 11.5. The van der Waals surface area contributed by atoms with E-state index < -0.39 is 17.3 Å². The molecule has 0 radical (unpaired) electrons. The van der Waals surface area contributed by atoms with Crippen molar-refractivity contribution in [1.29, 1.82) is 0 Å². The second-order valence-corrected chi connectivity index (χ2v) is 5.19. The Hall–Kier alpha value is -3.28. The highest BCUT2D eigenvalue weighted by Gasteiger charge is 2.16. The van der Waals surface area contributed by atoms with Gasteiger partial charge in [0.25, 0.3) is 5.91 Å². The number of carbonyl (C=O) groups excluding carboxylic acids is 2. The third-order valence-electron chi connectivity index (χ3n) is 3.50. The van der Waals surface area contributed by atoms with Gasteiger partial charge in [0.05, 0.1) is 11.1 Å². The van der Waals surface area contributed by atoms with E-state index in [1.807, 2.05) is 0 Å². The Kier molecular flexibility index (Phi) is 3.95. The Bertz CT molecular complexity index is 1020. The molecule has 0 saturated heterocycles. The van der Waals surface area contributed by atoms with E-state index in [4.69, 9.17) is 4.42 Å². The zero-order chi connectivity index (χ0) is 17.3. The minimum absolute atomic E-state index is 0.0170. The summed E-state index contributed by atoms with van der Waals surface area (Å²) in [5.74, 6) is -1.90. The monoisotopic (exact) mass is 325 g/mol. The number of ketones is 1. The third-order valence-corrected chi connectivity index (χ3v) is 3.50. The number of hydrogen-bond acceptors (Lipinski definition) is 4. The fraction of sp³-hybridized carbons (Fsp3) is 0.0556. The molecule has 6 heteroatoms. The van der Waals surface area contributed by atoms with E-state index in [0.717, 1.165) is 12.1 Å². The first-order valence-electron chi connectivity index (χ1n) is 7.10. The Morgan fingerprint density at radius 2 is 1.83 bits per heavy atom. The van der Waals surface area contributed by atoms with E-state index in [9.17, 15) is 18.8 Å². The number of Topliss-reactive ketones (excluding diaryl/α,β-unsaturated/α-hetero) is 1. The SMILES string of the molecule is CC(=O)c1ccc(F)cc1NC(=O)c1cc2ccccc2c(=O)o1. The second-order valence-electron chi connectivity index (χ2n) is 5.19. The van der Waals surface area contributed by atoms with Crippen LogP contribution in [0.4, 0.5) is 10.1 Å². The largest absolute Gasteiger partial charge is 0.417 e. The molecule has 3 aromatic rings. The predicted octanol–water partition coefficient (Wildman–Crippen LogP) is 3.39. The fourth-order valence-electron chi connectivity index (χ4n) is 2.36. The van der Waals surface area contributed by atoms with Crippen molar-refractivity contribution in [3.8, 4) is 0 Å². The first kappa shape index (κ1) is 15.6. The highest BCUT2D eigenvalue weighted by Crippen LogP contribution is 2.19. The van der Waals surface area contributed by atoms with Gasteiger partial charge in [0.2, 0.25) is 0 Å². The summed E-state index contributed by atoms with van der Waals surface area (Å²) in [7, 11) is 0. The van der Waals surface area contributed by atoms with Crippen molar-refractivity contribution in [3.63, 3.8) is 0 Å². The molecule has 3 rings (SSSR count). The number of hydrogen-bond donors (Lipinski definition) is 1. The first-order valence-corrected chi connectivity index (χ1v) is 7.10. The van der Waals surface area contributed by atoms with Gasteiger partial charge in [-0.25, -0.2) is 9.18 Å². The average molecular weight is 325 g/mol. The molecular formula is C18H12FNO4. The summed E-state index contributed by atoms with van der Waals surface area (Å²) < 4.78 is 18.4. The van der Waals surface area contributed by atoms with Gasteiger partial charge >= 0.3 is 5.63 Å². The summed E-state index contributed by atoms with van der Waals surface area (Å²) >= 11 is 0. The van der Waals surface area contributed by atoms with Gasteiger partial charge in [-0.1, -0.05) is 18.2 Å². The van der Waals surface area contributed by atoms with Crippen LogP contribution in [-0.4, -0.2) is 11.7 Å². The van der Waals surface area contributed by atoms with Crippen LogP contribution in [-0.2, 0) is 0 Å². The number of nitrogens with one attached hydrogen (secondary N) is 1. The third kappa shape index (κ3) is 2.94. The van der Waals surface area contributed by atoms with Crippen LogP contribution < -0.4 is 10.9 Å². The molecule has 0 aliphatic carbocycles. The Morgan fingerprint density at radius 3 is 2.58 bits per heavy atom. The van der Waals surface area contributed by atoms with Gasteiger partial charge in [-0.15, -0.1) is 0 Å². The molecule has 1 N–H and O–H groups in total. The van der Waals surface area contributed by atoms with Crippen LogP contribution in [0.2, 0.25) is 0 Å². The lowest BCUT2D eigenvalue weighted by molar-refractivity contribution is 0.0993. The molecule has 1 amide bonds. The number of rotatable bonds is 3. The van der Waals surface area contributed by atoms with Crippen LogP contribution in [0.15, 0.2) is 57.7 Å². The number of carbonyl (C=O) groups is 2. The smallest absolute Gasteiger partial charge is 0.344 e. The summed E-state index contributed by atoms with van der Waals surface area (Å²) in [6.07, 6.45) is 0. The van der Waals surface area contributed by atoms with Gasteiger partial charge in [0.1, 0.15) is 5.82 Å². The molecule has 5 nitrogen and oxygen atoms in total. The predicted molar refractivity (Wildman–Crippen MR) is 86.8 cm³/mol. The molecule has 2 aromatic carbocycles. The molecule has 0 fully saturated rings. The van der Waals surface area contributed by atoms with Crippen molar-refractivity contribution in [2.75, 3.05) is 5.32 Å². The van der Waals surface area contributed by atoms with Crippen molar-refractivity contribution in [3.05, 3.63) is 76.1 Å². The lowest BCUT2D eigenvalue weighted by atomic mass is 10.1. The van der Waals surface area contributed by atoms with E-state index in [-0.39, 0.29) is 22.8 Å². The van der Waals surface area contributed by atoms with E-state index in [1.54, 1.807) is 24.3 Å². The highest BCUT2D eigenvalue weighted by molar-refractivity contribution is 6.08. The molecule has 0 aliphatic heterocycles. The molecular weight excluding hydrogens is 313 g/mol. The summed E-state index contributed by atoms with van der Waals surface area (Å²) in [5, 5.41) is 3.31. The molecule has 24 heavy (non-hydrogen) atoms. The minimum atomic E-state index is -0.744. The lowest BCUT2D eigenvalue weighted by Crippen LogP contribution is -2.16. The maximum Gasteiger partial charge on any atom is 0.344 e. The minimum Gasteiger partial charge on any atom is -0.417 e. The van der Waals surface area contributed by atoms with E-state index in [0.29, 0.717) is 10.8 Å². The van der Waals surface area contributed by atoms with Gasteiger partial charge in [-0.3, -0.25) is 9.59 Å². The van der Waals surface area contributed by atoms with Crippen LogP contribution in [0.3, 0.4) is 0 Å². The number of halogens is 1. The van der Waals surface area contributed by atoms with Crippen molar-refractivity contribution >= 4 is 28.2 Å². The summed E-state index contributed by atoms with van der Waals surface area (Å²) in [6.45, 7) is 1.30. The molecule has 120 valence electrons. The van der Waals surface area contributed by atoms with Crippen molar-refractivity contribution in [2.24, 2.45) is 0 Å². The zero-order valence-electron chi connectivity index (χ0n) is 12.6. The first-order chi connectivity index (χ1) is 11.5. The standard InChI is InChI=1S/C18H12FNO4/c1-10(21)13-7-6-12(19)9-15(13)20-17(22)16-8-11-4-2-3-5-14(11)18(23)24-16/h2-9H,1H3,(H,20,22). The van der Waals surface area contributed by atoms with Crippen LogP contribution in [0.5, 0.6) is 0 Å². The van der Waals surface area contributed by atoms with Gasteiger partial charge < -0.3 is 9.73 Å². The van der Waals surface area contributed by atoms with Crippen LogP contribution in [0.1, 0.15) is 27.8 Å². The average Bonchev–Trinajstić information content (AvgIpc) is 2.54. The zero-order valence-corrected chi connectivity index (χ0v) is 12.6. The van der Waals surface area contributed by atoms with Crippen LogP contribution in [0, 0.1) is 5.82 Å². The van der Waals surface area contributed by atoms with Crippen molar-refractivity contribution in [2.45, 2.75) is 6.92 Å². The molecule has 0 bridgehead atoms. The highest BCUT2D eigenvalue weighted by atomic mass is 19.1. The van der Waals surface area contributed by atoms with Crippen molar-refractivity contribution < 1.29 is 18.4 Å². The molecule has 0 spiro atoms. The van der Waals surface area contributed by atoms with Gasteiger partial charge in [-0.05, 0) is 42.6 Å². The second kappa shape index (κ2) is 6.08. The Morgan fingerprint density at radius 1 is 1.08 bits per heavy atom. The van der Waals surface area contributed by atoms with E-state index in [1.165, 1.54) is 19.1 Å². The molecule has 1 aromatic heterocycles. The number of benzene rings is 2. The lowest BCUT2D eigenvalue weighted by Gasteiger charge is -2.09. The number of anilines is 1. The molecule has 0 saturated carbocycles. The normalized spacial score (nSPS) is 10.6. The van der Waals surface area contributed by atoms with Gasteiger partial charge in [0, 0.05) is 5.56 Å². The maximum absolute atomic E-state index is 13.4. The van der Waals surface area contributed by atoms with Gasteiger partial charge in [-0.2, -0.15) is 0 Å². The molecule has 0 aliphatic rings. The van der Waals surface area contributed by atoms with Gasteiger partial charge in [0.15, 0.2) is 11.5 Å². The Balaban J connectivity index is 2.01. The maximum atomic E-state index is 13.4.